The Balaban J connectivity index is 2.37. The second-order valence-corrected chi connectivity index (χ2v) is 4.75. The SMILES string of the molecule is CC/C=C\c1ccc(-c2cccc(C)c2)cc1C. The van der Waals surface area contributed by atoms with Crippen LogP contribution in [0.5, 0.6) is 0 Å². The van der Waals surface area contributed by atoms with E-state index in [2.05, 4.69) is 75.4 Å². The Bertz CT molecular complexity index is 562. The predicted molar refractivity (Wildman–Crippen MR) is 80.7 cm³/mol. The van der Waals surface area contributed by atoms with Gasteiger partial charge in [-0.05, 0) is 42.5 Å². The number of benzene rings is 2. The van der Waals surface area contributed by atoms with Crippen molar-refractivity contribution in [2.45, 2.75) is 27.2 Å². The zero-order valence-corrected chi connectivity index (χ0v) is 11.4. The van der Waals surface area contributed by atoms with Gasteiger partial charge < -0.3 is 0 Å². The maximum Gasteiger partial charge on any atom is -0.0181 e. The van der Waals surface area contributed by atoms with Crippen LogP contribution in [0, 0.1) is 13.8 Å². The first-order chi connectivity index (χ1) is 8.70. The van der Waals surface area contributed by atoms with E-state index in [0.717, 1.165) is 6.42 Å². The van der Waals surface area contributed by atoms with Gasteiger partial charge in [-0.2, -0.15) is 0 Å². The van der Waals surface area contributed by atoms with Crippen LogP contribution in [0.15, 0.2) is 48.5 Å². The standard InChI is InChI=1S/C18H20/c1-4-5-8-16-10-11-18(13-15(16)3)17-9-6-7-14(2)12-17/h5-13H,4H2,1-3H3/b8-5-. The molecule has 0 aliphatic carbocycles. The molecule has 18 heavy (non-hydrogen) atoms. The van der Waals surface area contributed by atoms with Crippen molar-refractivity contribution in [2.75, 3.05) is 0 Å². The summed E-state index contributed by atoms with van der Waals surface area (Å²) in [7, 11) is 0. The minimum Gasteiger partial charge on any atom is -0.0842 e. The van der Waals surface area contributed by atoms with E-state index in [1.807, 2.05) is 0 Å². The molecule has 0 saturated carbocycles. The van der Waals surface area contributed by atoms with Crippen LogP contribution in [0.25, 0.3) is 17.2 Å². The average Bonchev–Trinajstić information content (AvgIpc) is 2.37. The second kappa shape index (κ2) is 5.68. The molecule has 0 saturated heterocycles. The lowest BCUT2D eigenvalue weighted by atomic mass is 9.98. The average molecular weight is 236 g/mol. The monoisotopic (exact) mass is 236 g/mol. The molecule has 0 bridgehead atoms. The largest absolute Gasteiger partial charge is 0.0842 e. The van der Waals surface area contributed by atoms with Crippen LogP contribution in [0.2, 0.25) is 0 Å². The van der Waals surface area contributed by atoms with Crippen LogP contribution in [0.1, 0.15) is 30.0 Å². The number of hydrogen-bond acceptors (Lipinski definition) is 0. The third-order valence-corrected chi connectivity index (χ3v) is 3.15. The Morgan fingerprint density at radius 2 is 1.72 bits per heavy atom. The van der Waals surface area contributed by atoms with Crippen molar-refractivity contribution in [3.8, 4) is 11.1 Å². The van der Waals surface area contributed by atoms with E-state index in [-0.39, 0.29) is 0 Å². The topological polar surface area (TPSA) is 0 Å². The Labute approximate surface area is 110 Å². The molecule has 0 aliphatic rings. The molecule has 2 aromatic rings. The van der Waals surface area contributed by atoms with Crippen molar-refractivity contribution in [3.63, 3.8) is 0 Å². The highest BCUT2D eigenvalue weighted by Crippen LogP contribution is 2.23. The molecule has 92 valence electrons. The molecule has 0 spiro atoms. The highest BCUT2D eigenvalue weighted by molar-refractivity contribution is 5.68. The minimum absolute atomic E-state index is 1.08. The maximum atomic E-state index is 2.27. The fourth-order valence-electron chi connectivity index (χ4n) is 2.11. The van der Waals surface area contributed by atoms with Gasteiger partial charge in [-0.15, -0.1) is 0 Å². The van der Waals surface area contributed by atoms with Crippen LogP contribution in [-0.2, 0) is 0 Å². The fourth-order valence-corrected chi connectivity index (χ4v) is 2.11. The molecule has 0 radical (unpaired) electrons. The van der Waals surface area contributed by atoms with Gasteiger partial charge in [-0.1, -0.05) is 67.1 Å². The van der Waals surface area contributed by atoms with Gasteiger partial charge in [-0.3, -0.25) is 0 Å². The molecule has 0 aliphatic heterocycles. The molecule has 2 rings (SSSR count). The zero-order valence-electron chi connectivity index (χ0n) is 11.4. The van der Waals surface area contributed by atoms with Gasteiger partial charge >= 0.3 is 0 Å². The molecule has 0 nitrogen and oxygen atoms in total. The molecule has 0 amide bonds. The first-order valence-electron chi connectivity index (χ1n) is 6.55. The molecule has 0 aromatic heterocycles. The first kappa shape index (κ1) is 12.6. The molecular weight excluding hydrogens is 216 g/mol. The highest BCUT2D eigenvalue weighted by atomic mass is 14.1. The van der Waals surface area contributed by atoms with Gasteiger partial charge in [0, 0.05) is 0 Å². The predicted octanol–water partition coefficient (Wildman–Crippen LogP) is 5.39. The lowest BCUT2D eigenvalue weighted by Crippen LogP contribution is -1.84. The molecule has 0 fully saturated rings. The summed E-state index contributed by atoms with van der Waals surface area (Å²) >= 11 is 0. The highest BCUT2D eigenvalue weighted by Gasteiger charge is 2.00. The first-order valence-corrected chi connectivity index (χ1v) is 6.55. The molecule has 0 N–H and O–H groups in total. The number of rotatable bonds is 3. The molecular formula is C18H20. The van der Waals surface area contributed by atoms with E-state index in [1.165, 1.54) is 27.8 Å². The van der Waals surface area contributed by atoms with Crippen molar-refractivity contribution in [3.05, 3.63) is 65.2 Å². The second-order valence-electron chi connectivity index (χ2n) is 4.75. The number of aryl methyl sites for hydroxylation is 2. The Kier molecular flexibility index (Phi) is 3.99. The molecule has 0 unspecified atom stereocenters. The molecule has 0 heterocycles. The van der Waals surface area contributed by atoms with E-state index in [4.69, 9.17) is 0 Å². The smallest absolute Gasteiger partial charge is 0.0181 e. The lowest BCUT2D eigenvalue weighted by molar-refractivity contribution is 1.23. The maximum absolute atomic E-state index is 2.27. The van der Waals surface area contributed by atoms with Gasteiger partial charge in [0.1, 0.15) is 0 Å². The summed E-state index contributed by atoms with van der Waals surface area (Å²) in [6.45, 7) is 6.47. The normalized spacial score (nSPS) is 11.1. The summed E-state index contributed by atoms with van der Waals surface area (Å²) < 4.78 is 0. The van der Waals surface area contributed by atoms with Crippen molar-refractivity contribution in [1.82, 2.24) is 0 Å². The Hall–Kier alpha value is -1.82. The summed E-state index contributed by atoms with van der Waals surface area (Å²) in [5.74, 6) is 0. The lowest BCUT2D eigenvalue weighted by Gasteiger charge is -2.07. The third kappa shape index (κ3) is 2.89. The molecule has 2 aromatic carbocycles. The van der Waals surface area contributed by atoms with Gasteiger partial charge in [0.05, 0.1) is 0 Å². The quantitative estimate of drug-likeness (QED) is 0.670. The summed E-state index contributed by atoms with van der Waals surface area (Å²) in [6, 6.07) is 15.3. The summed E-state index contributed by atoms with van der Waals surface area (Å²) in [5, 5.41) is 0. The van der Waals surface area contributed by atoms with Crippen LogP contribution in [0.4, 0.5) is 0 Å². The molecule has 0 heteroatoms. The Morgan fingerprint density at radius 3 is 2.39 bits per heavy atom. The van der Waals surface area contributed by atoms with E-state index in [9.17, 15) is 0 Å². The van der Waals surface area contributed by atoms with E-state index in [0.29, 0.717) is 0 Å². The van der Waals surface area contributed by atoms with Crippen LogP contribution >= 0.6 is 0 Å². The van der Waals surface area contributed by atoms with Crippen LogP contribution < -0.4 is 0 Å². The summed E-state index contributed by atoms with van der Waals surface area (Å²) in [5.41, 5.74) is 6.54. The van der Waals surface area contributed by atoms with Gasteiger partial charge in [-0.25, -0.2) is 0 Å². The van der Waals surface area contributed by atoms with Gasteiger partial charge in [0.15, 0.2) is 0 Å². The van der Waals surface area contributed by atoms with E-state index in [1.54, 1.807) is 0 Å². The van der Waals surface area contributed by atoms with Crippen molar-refractivity contribution >= 4 is 6.08 Å². The number of hydrogen-bond donors (Lipinski definition) is 0. The van der Waals surface area contributed by atoms with Crippen molar-refractivity contribution in [2.24, 2.45) is 0 Å². The van der Waals surface area contributed by atoms with Crippen LogP contribution in [-0.4, -0.2) is 0 Å². The van der Waals surface area contributed by atoms with Crippen LogP contribution in [0.3, 0.4) is 0 Å². The molecule has 0 atom stereocenters. The Morgan fingerprint density at radius 1 is 0.944 bits per heavy atom. The van der Waals surface area contributed by atoms with E-state index < -0.39 is 0 Å². The van der Waals surface area contributed by atoms with Gasteiger partial charge in [0.2, 0.25) is 0 Å². The summed E-state index contributed by atoms with van der Waals surface area (Å²) in [4.78, 5) is 0. The van der Waals surface area contributed by atoms with E-state index >= 15 is 0 Å². The summed E-state index contributed by atoms with van der Waals surface area (Å²) in [6.07, 6.45) is 5.49. The minimum atomic E-state index is 1.08. The number of allylic oxidation sites excluding steroid dienone is 1. The van der Waals surface area contributed by atoms with Crippen molar-refractivity contribution < 1.29 is 0 Å². The zero-order chi connectivity index (χ0) is 13.0. The fraction of sp³-hybridized carbons (Fsp3) is 0.222. The third-order valence-electron chi connectivity index (χ3n) is 3.15. The van der Waals surface area contributed by atoms with Crippen molar-refractivity contribution in [1.29, 1.82) is 0 Å². The van der Waals surface area contributed by atoms with Gasteiger partial charge in [0.25, 0.3) is 0 Å².